The highest BCUT2D eigenvalue weighted by Gasteiger charge is 2.04. The standard InChI is InChI=1S/C15H11N3/c16-18-15-9-5-4-8-13(15)14(17-18)11-10-12-6-2-1-3-7-12/h1-9H,16H2. The maximum atomic E-state index is 5.78. The van der Waals surface area contributed by atoms with Gasteiger partial charge in [0.25, 0.3) is 0 Å². The van der Waals surface area contributed by atoms with Gasteiger partial charge in [-0.15, -0.1) is 5.10 Å². The molecule has 1 heterocycles. The molecule has 2 aromatic carbocycles. The lowest BCUT2D eigenvalue weighted by atomic mass is 10.2. The first-order valence-corrected chi connectivity index (χ1v) is 5.64. The second-order valence-corrected chi connectivity index (χ2v) is 3.93. The van der Waals surface area contributed by atoms with Crippen molar-refractivity contribution in [2.45, 2.75) is 0 Å². The van der Waals surface area contributed by atoms with Gasteiger partial charge in [0.1, 0.15) is 5.69 Å². The van der Waals surface area contributed by atoms with Crippen molar-refractivity contribution >= 4 is 10.9 Å². The Morgan fingerprint density at radius 1 is 0.889 bits per heavy atom. The highest BCUT2D eigenvalue weighted by Crippen LogP contribution is 2.15. The van der Waals surface area contributed by atoms with E-state index < -0.39 is 0 Å². The Labute approximate surface area is 105 Å². The van der Waals surface area contributed by atoms with Crippen LogP contribution in [0.2, 0.25) is 0 Å². The predicted octanol–water partition coefficient (Wildman–Crippen LogP) is 2.15. The van der Waals surface area contributed by atoms with Gasteiger partial charge >= 0.3 is 0 Å². The van der Waals surface area contributed by atoms with E-state index >= 15 is 0 Å². The van der Waals surface area contributed by atoms with E-state index in [1.54, 1.807) is 0 Å². The van der Waals surface area contributed by atoms with E-state index in [9.17, 15) is 0 Å². The van der Waals surface area contributed by atoms with E-state index in [1.807, 2.05) is 54.6 Å². The first-order valence-electron chi connectivity index (χ1n) is 5.64. The van der Waals surface area contributed by atoms with E-state index in [0.29, 0.717) is 5.69 Å². The van der Waals surface area contributed by atoms with E-state index in [2.05, 4.69) is 16.9 Å². The van der Waals surface area contributed by atoms with Crippen LogP contribution in [0.1, 0.15) is 11.3 Å². The first kappa shape index (κ1) is 10.4. The van der Waals surface area contributed by atoms with Gasteiger partial charge < -0.3 is 5.84 Å². The molecular weight excluding hydrogens is 222 g/mol. The number of nitrogens with two attached hydrogens (primary N) is 1. The molecule has 0 saturated heterocycles. The molecule has 3 aromatic rings. The lowest BCUT2D eigenvalue weighted by Gasteiger charge is -1.90. The molecule has 0 atom stereocenters. The van der Waals surface area contributed by atoms with Crippen LogP contribution in [0.5, 0.6) is 0 Å². The van der Waals surface area contributed by atoms with Crippen LogP contribution in [-0.4, -0.2) is 9.89 Å². The fourth-order valence-electron chi connectivity index (χ4n) is 1.83. The van der Waals surface area contributed by atoms with Gasteiger partial charge in [-0.2, -0.15) is 4.79 Å². The summed E-state index contributed by atoms with van der Waals surface area (Å²) in [6.07, 6.45) is 0. The third kappa shape index (κ3) is 1.80. The van der Waals surface area contributed by atoms with Gasteiger partial charge in [-0.3, -0.25) is 0 Å². The topological polar surface area (TPSA) is 43.8 Å². The number of para-hydroxylation sites is 1. The fraction of sp³-hybridized carbons (Fsp3) is 0. The Hall–Kier alpha value is -2.73. The van der Waals surface area contributed by atoms with Gasteiger partial charge in [0, 0.05) is 10.9 Å². The Balaban J connectivity index is 2.09. The normalized spacial score (nSPS) is 10.0. The molecule has 0 aliphatic carbocycles. The SMILES string of the molecule is Nn1nc(C#Cc2ccccc2)c2ccccc21. The zero-order valence-electron chi connectivity index (χ0n) is 9.67. The first-order chi connectivity index (χ1) is 8.84. The van der Waals surface area contributed by atoms with Crippen LogP contribution in [-0.2, 0) is 0 Å². The number of rotatable bonds is 0. The molecule has 0 bridgehead atoms. The summed E-state index contributed by atoms with van der Waals surface area (Å²) in [6, 6.07) is 17.6. The molecule has 0 radical (unpaired) electrons. The summed E-state index contributed by atoms with van der Waals surface area (Å²) in [5.41, 5.74) is 2.56. The molecule has 0 saturated carbocycles. The maximum absolute atomic E-state index is 5.78. The van der Waals surface area contributed by atoms with Crippen molar-refractivity contribution in [1.82, 2.24) is 9.89 Å². The lowest BCUT2D eigenvalue weighted by Crippen LogP contribution is -2.09. The van der Waals surface area contributed by atoms with Gasteiger partial charge in [-0.05, 0) is 30.2 Å². The summed E-state index contributed by atoms with van der Waals surface area (Å²) in [7, 11) is 0. The Morgan fingerprint density at radius 2 is 1.61 bits per heavy atom. The molecular formula is C15H11N3. The zero-order valence-corrected chi connectivity index (χ0v) is 9.67. The van der Waals surface area contributed by atoms with Gasteiger partial charge in [0.15, 0.2) is 0 Å². The average molecular weight is 233 g/mol. The van der Waals surface area contributed by atoms with Crippen LogP contribution >= 0.6 is 0 Å². The Morgan fingerprint density at radius 3 is 2.44 bits per heavy atom. The number of hydrogen-bond acceptors (Lipinski definition) is 2. The molecule has 0 unspecified atom stereocenters. The summed E-state index contributed by atoms with van der Waals surface area (Å²) in [5.74, 6) is 11.9. The van der Waals surface area contributed by atoms with Crippen LogP contribution < -0.4 is 5.84 Å². The van der Waals surface area contributed by atoms with Crippen molar-refractivity contribution in [3.63, 3.8) is 0 Å². The van der Waals surface area contributed by atoms with Crippen LogP contribution in [0.15, 0.2) is 54.6 Å². The minimum atomic E-state index is 0.706. The summed E-state index contributed by atoms with van der Waals surface area (Å²) >= 11 is 0. The van der Waals surface area contributed by atoms with Crippen molar-refractivity contribution in [2.24, 2.45) is 0 Å². The monoisotopic (exact) mass is 233 g/mol. The van der Waals surface area contributed by atoms with E-state index in [-0.39, 0.29) is 0 Å². The van der Waals surface area contributed by atoms with Gasteiger partial charge in [0.2, 0.25) is 0 Å². The predicted molar refractivity (Wildman–Crippen MR) is 72.3 cm³/mol. The second kappa shape index (κ2) is 4.27. The molecule has 1 aromatic heterocycles. The second-order valence-electron chi connectivity index (χ2n) is 3.93. The highest BCUT2D eigenvalue weighted by atomic mass is 15.5. The summed E-state index contributed by atoms with van der Waals surface area (Å²) in [5, 5.41) is 5.20. The molecule has 0 spiro atoms. The lowest BCUT2D eigenvalue weighted by molar-refractivity contribution is 0.856. The number of aromatic nitrogens is 2. The van der Waals surface area contributed by atoms with Crippen LogP contribution in [0, 0.1) is 11.8 Å². The van der Waals surface area contributed by atoms with Crippen molar-refractivity contribution in [3.8, 4) is 11.8 Å². The Kier molecular flexibility index (Phi) is 2.47. The van der Waals surface area contributed by atoms with Crippen molar-refractivity contribution in [3.05, 3.63) is 65.9 Å². The van der Waals surface area contributed by atoms with Crippen LogP contribution in [0.25, 0.3) is 10.9 Å². The van der Waals surface area contributed by atoms with E-state index in [0.717, 1.165) is 16.5 Å². The van der Waals surface area contributed by atoms with Gasteiger partial charge in [-0.25, -0.2) is 0 Å². The van der Waals surface area contributed by atoms with Crippen molar-refractivity contribution in [2.75, 3.05) is 5.84 Å². The third-order valence-electron chi connectivity index (χ3n) is 2.71. The largest absolute Gasteiger partial charge is 0.323 e. The zero-order chi connectivity index (χ0) is 12.4. The molecule has 18 heavy (non-hydrogen) atoms. The van der Waals surface area contributed by atoms with Gasteiger partial charge in [-0.1, -0.05) is 36.3 Å². The fourth-order valence-corrected chi connectivity index (χ4v) is 1.83. The number of nitrogens with zero attached hydrogens (tertiary/aromatic N) is 2. The van der Waals surface area contributed by atoms with Crippen LogP contribution in [0.3, 0.4) is 0 Å². The smallest absolute Gasteiger partial charge is 0.145 e. The quantitative estimate of drug-likeness (QED) is 0.477. The minimum Gasteiger partial charge on any atom is -0.323 e. The number of hydrogen-bond donors (Lipinski definition) is 1. The molecule has 0 fully saturated rings. The molecule has 3 heteroatoms. The van der Waals surface area contributed by atoms with Crippen LogP contribution in [0.4, 0.5) is 0 Å². The molecule has 3 rings (SSSR count). The van der Waals surface area contributed by atoms with E-state index in [4.69, 9.17) is 5.84 Å². The molecule has 86 valence electrons. The molecule has 0 amide bonds. The molecule has 0 aliphatic heterocycles. The third-order valence-corrected chi connectivity index (χ3v) is 2.71. The summed E-state index contributed by atoms with van der Waals surface area (Å²) in [6.45, 7) is 0. The molecule has 3 nitrogen and oxygen atoms in total. The number of nitrogen functional groups attached to an aromatic ring is 1. The maximum Gasteiger partial charge on any atom is 0.145 e. The summed E-state index contributed by atoms with van der Waals surface area (Å²) in [4.78, 5) is 1.37. The van der Waals surface area contributed by atoms with Gasteiger partial charge in [0.05, 0.1) is 5.52 Å². The highest BCUT2D eigenvalue weighted by molar-refractivity contribution is 5.84. The Bertz CT molecular complexity index is 745. The van der Waals surface area contributed by atoms with E-state index in [1.165, 1.54) is 4.79 Å². The molecule has 0 aliphatic rings. The minimum absolute atomic E-state index is 0.706. The average Bonchev–Trinajstić information content (AvgIpc) is 2.75. The number of benzene rings is 2. The van der Waals surface area contributed by atoms with Crippen molar-refractivity contribution < 1.29 is 0 Å². The number of fused-ring (bicyclic) bond motifs is 1. The summed E-state index contributed by atoms with van der Waals surface area (Å²) < 4.78 is 0. The van der Waals surface area contributed by atoms with Crippen molar-refractivity contribution in [1.29, 1.82) is 0 Å². The molecule has 2 N–H and O–H groups in total.